The van der Waals surface area contributed by atoms with E-state index in [1.165, 1.54) is 18.4 Å². The van der Waals surface area contributed by atoms with Crippen LogP contribution in [-0.4, -0.2) is 63.8 Å². The Bertz CT molecular complexity index is 797. The molecule has 1 N–H and O–H groups in total. The highest BCUT2D eigenvalue weighted by Crippen LogP contribution is 2.36. The van der Waals surface area contributed by atoms with Gasteiger partial charge in [-0.25, -0.2) is 4.79 Å². The molecule has 8 heteroatoms. The lowest BCUT2D eigenvalue weighted by atomic mass is 10.0. The van der Waals surface area contributed by atoms with E-state index in [0.717, 1.165) is 30.0 Å². The molecule has 0 saturated carbocycles. The summed E-state index contributed by atoms with van der Waals surface area (Å²) in [5.74, 6) is 0.0848. The van der Waals surface area contributed by atoms with Gasteiger partial charge in [0.1, 0.15) is 16.3 Å². The lowest BCUT2D eigenvalue weighted by Gasteiger charge is -2.25. The van der Waals surface area contributed by atoms with E-state index in [1.54, 1.807) is 7.11 Å². The predicted molar refractivity (Wildman–Crippen MR) is 104 cm³/mol. The molecule has 1 aliphatic heterocycles. The summed E-state index contributed by atoms with van der Waals surface area (Å²) in [5, 5.41) is 5.19. The van der Waals surface area contributed by atoms with Crippen LogP contribution in [0.1, 0.15) is 10.4 Å². The number of benzene rings is 1. The summed E-state index contributed by atoms with van der Waals surface area (Å²) in [6.07, 6.45) is 0. The van der Waals surface area contributed by atoms with Gasteiger partial charge in [0.05, 0.1) is 34.0 Å². The second-order valence-electron chi connectivity index (χ2n) is 6.01. The number of esters is 1. The van der Waals surface area contributed by atoms with E-state index in [2.05, 4.69) is 5.32 Å². The first-order valence-electron chi connectivity index (χ1n) is 8.56. The van der Waals surface area contributed by atoms with Crippen LogP contribution in [0.15, 0.2) is 29.6 Å². The number of thiophene rings is 1. The van der Waals surface area contributed by atoms with E-state index in [9.17, 15) is 9.59 Å². The fraction of sp³-hybridized carbons (Fsp3) is 0.368. The summed E-state index contributed by atoms with van der Waals surface area (Å²) >= 11 is 1.31. The molecule has 3 rings (SSSR count). The maximum Gasteiger partial charge on any atom is 0.341 e. The van der Waals surface area contributed by atoms with Gasteiger partial charge in [0.25, 0.3) is 0 Å². The van der Waals surface area contributed by atoms with Crippen LogP contribution < -0.4 is 10.1 Å². The monoisotopic (exact) mass is 390 g/mol. The number of methoxy groups -OCH3 is 2. The quantitative estimate of drug-likeness (QED) is 0.764. The average molecular weight is 390 g/mol. The molecular formula is C19H22N2O5S. The number of ether oxygens (including phenoxy) is 3. The van der Waals surface area contributed by atoms with Crippen molar-refractivity contribution in [2.45, 2.75) is 0 Å². The molecule has 0 atom stereocenters. The Hall–Kier alpha value is -2.42. The van der Waals surface area contributed by atoms with Crippen LogP contribution in [0, 0.1) is 0 Å². The minimum Gasteiger partial charge on any atom is -0.497 e. The molecule has 2 heterocycles. The Morgan fingerprint density at radius 2 is 1.89 bits per heavy atom. The van der Waals surface area contributed by atoms with E-state index < -0.39 is 5.97 Å². The van der Waals surface area contributed by atoms with E-state index >= 15 is 0 Å². The Labute approximate surface area is 161 Å². The molecular weight excluding hydrogens is 368 g/mol. The average Bonchev–Trinajstić information content (AvgIpc) is 3.11. The molecule has 0 radical (unpaired) electrons. The molecule has 1 aromatic heterocycles. The van der Waals surface area contributed by atoms with Crippen molar-refractivity contribution < 1.29 is 23.8 Å². The van der Waals surface area contributed by atoms with Gasteiger partial charge < -0.3 is 19.5 Å². The summed E-state index contributed by atoms with van der Waals surface area (Å²) in [7, 11) is 2.93. The maximum absolute atomic E-state index is 12.4. The van der Waals surface area contributed by atoms with Crippen molar-refractivity contribution in [3.8, 4) is 16.9 Å². The van der Waals surface area contributed by atoms with Crippen molar-refractivity contribution in [2.24, 2.45) is 0 Å². The third-order valence-corrected chi connectivity index (χ3v) is 5.20. The second kappa shape index (κ2) is 8.98. The number of anilines is 1. The maximum atomic E-state index is 12.4. The summed E-state index contributed by atoms with van der Waals surface area (Å²) in [6, 6.07) is 7.38. The first kappa shape index (κ1) is 19.3. The zero-order valence-corrected chi connectivity index (χ0v) is 16.1. The van der Waals surface area contributed by atoms with Crippen LogP contribution in [-0.2, 0) is 14.3 Å². The minimum atomic E-state index is -0.483. The number of nitrogens with zero attached hydrogens (tertiary/aromatic N) is 1. The van der Waals surface area contributed by atoms with Gasteiger partial charge in [0, 0.05) is 24.0 Å². The Balaban J connectivity index is 1.81. The molecule has 0 aliphatic carbocycles. The normalized spacial score (nSPS) is 14.6. The van der Waals surface area contributed by atoms with Crippen LogP contribution in [0.3, 0.4) is 0 Å². The van der Waals surface area contributed by atoms with Crippen molar-refractivity contribution in [1.29, 1.82) is 0 Å². The number of amides is 1. The molecule has 0 bridgehead atoms. The lowest BCUT2D eigenvalue weighted by Crippen LogP contribution is -2.41. The summed E-state index contributed by atoms with van der Waals surface area (Å²) < 4.78 is 15.4. The smallest absolute Gasteiger partial charge is 0.341 e. The van der Waals surface area contributed by atoms with Gasteiger partial charge in [-0.05, 0) is 17.7 Å². The molecule has 2 aromatic rings. The van der Waals surface area contributed by atoms with Gasteiger partial charge in [-0.1, -0.05) is 12.1 Å². The van der Waals surface area contributed by atoms with Crippen molar-refractivity contribution in [2.75, 3.05) is 52.4 Å². The van der Waals surface area contributed by atoms with Crippen LogP contribution in [0.25, 0.3) is 11.1 Å². The van der Waals surface area contributed by atoms with E-state index in [-0.39, 0.29) is 12.5 Å². The first-order chi connectivity index (χ1) is 13.1. The van der Waals surface area contributed by atoms with Crippen LogP contribution in [0.5, 0.6) is 5.75 Å². The van der Waals surface area contributed by atoms with Gasteiger partial charge in [0.15, 0.2) is 0 Å². The van der Waals surface area contributed by atoms with Gasteiger partial charge in [-0.15, -0.1) is 11.3 Å². The van der Waals surface area contributed by atoms with Crippen molar-refractivity contribution in [1.82, 2.24) is 4.90 Å². The summed E-state index contributed by atoms with van der Waals surface area (Å²) in [6.45, 7) is 2.96. The van der Waals surface area contributed by atoms with Gasteiger partial charge in [-0.3, -0.25) is 9.69 Å². The molecule has 7 nitrogen and oxygen atoms in total. The number of rotatable bonds is 6. The highest BCUT2D eigenvalue weighted by atomic mass is 32.1. The van der Waals surface area contributed by atoms with E-state index in [0.29, 0.717) is 23.8 Å². The lowest BCUT2D eigenvalue weighted by molar-refractivity contribution is -0.118. The predicted octanol–water partition coefficient (Wildman–Crippen LogP) is 2.48. The molecule has 1 fully saturated rings. The molecule has 144 valence electrons. The number of carbonyl (C=O) groups excluding carboxylic acids is 2. The molecule has 1 aromatic carbocycles. The number of hydrogen-bond acceptors (Lipinski definition) is 7. The van der Waals surface area contributed by atoms with Crippen molar-refractivity contribution in [3.05, 3.63) is 35.2 Å². The van der Waals surface area contributed by atoms with Crippen LogP contribution >= 0.6 is 11.3 Å². The van der Waals surface area contributed by atoms with Gasteiger partial charge in [0.2, 0.25) is 5.91 Å². The topological polar surface area (TPSA) is 77.1 Å². The molecule has 1 aliphatic rings. The third kappa shape index (κ3) is 4.65. The molecule has 0 spiro atoms. The number of hydrogen-bond donors (Lipinski definition) is 1. The summed E-state index contributed by atoms with van der Waals surface area (Å²) in [5.41, 5.74) is 1.93. The molecule has 1 amide bonds. The highest BCUT2D eigenvalue weighted by Gasteiger charge is 2.23. The number of nitrogens with one attached hydrogen (secondary N) is 1. The van der Waals surface area contributed by atoms with E-state index in [1.807, 2.05) is 34.5 Å². The van der Waals surface area contributed by atoms with Gasteiger partial charge in [-0.2, -0.15) is 0 Å². The van der Waals surface area contributed by atoms with Crippen LogP contribution in [0.2, 0.25) is 0 Å². The highest BCUT2D eigenvalue weighted by molar-refractivity contribution is 7.15. The van der Waals surface area contributed by atoms with Crippen molar-refractivity contribution in [3.63, 3.8) is 0 Å². The van der Waals surface area contributed by atoms with Gasteiger partial charge >= 0.3 is 5.97 Å². The third-order valence-electron chi connectivity index (χ3n) is 4.31. The van der Waals surface area contributed by atoms with E-state index in [4.69, 9.17) is 14.2 Å². The number of morpholine rings is 1. The summed E-state index contributed by atoms with van der Waals surface area (Å²) in [4.78, 5) is 26.8. The fourth-order valence-electron chi connectivity index (χ4n) is 2.87. The standard InChI is InChI=1S/C19H22N2O5S/c1-24-14-5-3-13(4-6-14)15-12-27-18(17(15)19(23)25-2)20-16(22)11-21-7-9-26-10-8-21/h3-6,12H,7-11H2,1-2H3,(H,20,22). The number of carbonyl (C=O) groups is 2. The SMILES string of the molecule is COC(=O)c1c(-c2ccc(OC)cc2)csc1NC(=O)CN1CCOCC1. The minimum absolute atomic E-state index is 0.162. The zero-order valence-electron chi connectivity index (χ0n) is 15.3. The first-order valence-corrected chi connectivity index (χ1v) is 9.44. The molecule has 1 saturated heterocycles. The zero-order chi connectivity index (χ0) is 19.2. The Morgan fingerprint density at radius 1 is 1.19 bits per heavy atom. The largest absolute Gasteiger partial charge is 0.497 e. The Morgan fingerprint density at radius 3 is 2.52 bits per heavy atom. The second-order valence-corrected chi connectivity index (χ2v) is 6.89. The fourth-order valence-corrected chi connectivity index (χ4v) is 3.84. The molecule has 0 unspecified atom stereocenters. The Kier molecular flexibility index (Phi) is 6.44. The van der Waals surface area contributed by atoms with Crippen molar-refractivity contribution >= 4 is 28.2 Å². The molecule has 27 heavy (non-hydrogen) atoms. The van der Waals surface area contributed by atoms with Crippen LogP contribution in [0.4, 0.5) is 5.00 Å².